The average molecular weight is 221 g/mol. The Kier molecular flexibility index (Phi) is 3.15. The lowest BCUT2D eigenvalue weighted by Crippen LogP contribution is -2.47. The molecular formula is C13H19NO2. The van der Waals surface area contributed by atoms with Gasteiger partial charge in [-0.3, -0.25) is 9.69 Å². The summed E-state index contributed by atoms with van der Waals surface area (Å²) in [5.74, 6) is 1.50. The zero-order valence-corrected chi connectivity index (χ0v) is 10.1. The molecule has 0 aromatic carbocycles. The van der Waals surface area contributed by atoms with Gasteiger partial charge in [-0.25, -0.2) is 0 Å². The van der Waals surface area contributed by atoms with E-state index in [2.05, 4.69) is 18.7 Å². The molecule has 3 atom stereocenters. The summed E-state index contributed by atoms with van der Waals surface area (Å²) in [4.78, 5) is 14.0. The van der Waals surface area contributed by atoms with E-state index < -0.39 is 0 Å². The lowest BCUT2D eigenvalue weighted by Gasteiger charge is -2.40. The second-order valence-corrected chi connectivity index (χ2v) is 4.67. The molecule has 1 fully saturated rings. The van der Waals surface area contributed by atoms with Gasteiger partial charge in [0, 0.05) is 24.9 Å². The highest BCUT2D eigenvalue weighted by Gasteiger charge is 2.34. The summed E-state index contributed by atoms with van der Waals surface area (Å²) in [5, 5.41) is 0. The first-order valence-corrected chi connectivity index (χ1v) is 5.93. The minimum atomic E-state index is 0.131. The lowest BCUT2D eigenvalue weighted by atomic mass is 9.89. The number of ketones is 1. The molecule has 0 amide bonds. The van der Waals surface area contributed by atoms with Crippen molar-refractivity contribution in [2.75, 3.05) is 6.54 Å². The standard InChI is InChI=1S/C13H19NO2/c1-9-10(2)14(7-6-12(9)15)11(3)13-5-4-8-16-13/h4-5,8-11H,6-7H2,1-3H3. The van der Waals surface area contributed by atoms with Crippen LogP contribution in [-0.2, 0) is 4.79 Å². The molecule has 0 radical (unpaired) electrons. The fourth-order valence-corrected chi connectivity index (χ4v) is 2.47. The summed E-state index contributed by atoms with van der Waals surface area (Å²) in [6.07, 6.45) is 2.37. The summed E-state index contributed by atoms with van der Waals surface area (Å²) in [6.45, 7) is 7.12. The number of Topliss-reactive ketones (excluding diaryl/α,β-unsaturated/α-hetero) is 1. The van der Waals surface area contributed by atoms with Crippen LogP contribution in [0.3, 0.4) is 0 Å². The van der Waals surface area contributed by atoms with E-state index in [0.717, 1.165) is 12.3 Å². The summed E-state index contributed by atoms with van der Waals surface area (Å²) < 4.78 is 5.43. The zero-order chi connectivity index (χ0) is 11.7. The maximum atomic E-state index is 11.6. The van der Waals surface area contributed by atoms with Crippen LogP contribution < -0.4 is 0 Å². The maximum Gasteiger partial charge on any atom is 0.138 e. The Hall–Kier alpha value is -1.09. The van der Waals surface area contributed by atoms with Crippen LogP contribution >= 0.6 is 0 Å². The fourth-order valence-electron chi connectivity index (χ4n) is 2.47. The molecule has 0 bridgehead atoms. The van der Waals surface area contributed by atoms with Crippen LogP contribution in [0.4, 0.5) is 0 Å². The highest BCUT2D eigenvalue weighted by molar-refractivity contribution is 5.82. The van der Waals surface area contributed by atoms with Gasteiger partial charge in [-0.05, 0) is 26.0 Å². The number of rotatable bonds is 2. The van der Waals surface area contributed by atoms with Crippen LogP contribution in [0.1, 0.15) is 39.0 Å². The zero-order valence-electron chi connectivity index (χ0n) is 10.1. The van der Waals surface area contributed by atoms with E-state index in [0.29, 0.717) is 18.2 Å². The van der Waals surface area contributed by atoms with E-state index >= 15 is 0 Å². The van der Waals surface area contributed by atoms with Crippen molar-refractivity contribution in [3.05, 3.63) is 24.2 Å². The molecule has 0 N–H and O–H groups in total. The van der Waals surface area contributed by atoms with Crippen molar-refractivity contribution in [1.29, 1.82) is 0 Å². The Morgan fingerprint density at radius 3 is 2.88 bits per heavy atom. The van der Waals surface area contributed by atoms with Crippen LogP contribution in [0, 0.1) is 5.92 Å². The van der Waals surface area contributed by atoms with E-state index in [4.69, 9.17) is 4.42 Å². The molecule has 3 heteroatoms. The number of likely N-dealkylation sites (tertiary alicyclic amines) is 1. The lowest BCUT2D eigenvalue weighted by molar-refractivity contribution is -0.128. The van der Waals surface area contributed by atoms with Gasteiger partial charge in [0.05, 0.1) is 12.3 Å². The van der Waals surface area contributed by atoms with E-state index in [1.165, 1.54) is 0 Å². The summed E-state index contributed by atoms with van der Waals surface area (Å²) in [5.41, 5.74) is 0. The Bertz CT molecular complexity index is 358. The number of hydrogen-bond donors (Lipinski definition) is 0. The van der Waals surface area contributed by atoms with Gasteiger partial charge >= 0.3 is 0 Å². The molecule has 1 saturated heterocycles. The topological polar surface area (TPSA) is 33.5 Å². The third-order valence-corrected chi connectivity index (χ3v) is 3.82. The van der Waals surface area contributed by atoms with Gasteiger partial charge in [0.15, 0.2) is 0 Å². The Balaban J connectivity index is 2.13. The van der Waals surface area contributed by atoms with Crippen LogP contribution in [0.25, 0.3) is 0 Å². The van der Waals surface area contributed by atoms with Gasteiger partial charge in [-0.2, -0.15) is 0 Å². The molecule has 3 unspecified atom stereocenters. The Morgan fingerprint density at radius 1 is 1.50 bits per heavy atom. The monoisotopic (exact) mass is 221 g/mol. The van der Waals surface area contributed by atoms with Crippen molar-refractivity contribution >= 4 is 5.78 Å². The molecule has 1 aliphatic heterocycles. The quantitative estimate of drug-likeness (QED) is 0.769. The molecule has 1 aliphatic rings. The highest BCUT2D eigenvalue weighted by atomic mass is 16.3. The van der Waals surface area contributed by atoms with Crippen molar-refractivity contribution in [2.45, 2.75) is 39.3 Å². The molecule has 1 aromatic heterocycles. The van der Waals surface area contributed by atoms with Crippen LogP contribution in [0.15, 0.2) is 22.8 Å². The van der Waals surface area contributed by atoms with E-state index in [1.807, 2.05) is 19.1 Å². The van der Waals surface area contributed by atoms with Gasteiger partial charge < -0.3 is 4.42 Å². The van der Waals surface area contributed by atoms with Crippen molar-refractivity contribution in [3.8, 4) is 0 Å². The van der Waals surface area contributed by atoms with Gasteiger partial charge in [0.2, 0.25) is 0 Å². The molecule has 0 aliphatic carbocycles. The minimum Gasteiger partial charge on any atom is -0.468 e. The largest absolute Gasteiger partial charge is 0.468 e. The summed E-state index contributed by atoms with van der Waals surface area (Å²) >= 11 is 0. The van der Waals surface area contributed by atoms with Crippen LogP contribution in [0.2, 0.25) is 0 Å². The van der Waals surface area contributed by atoms with Gasteiger partial charge in [0.1, 0.15) is 11.5 Å². The van der Waals surface area contributed by atoms with Crippen molar-refractivity contribution in [2.24, 2.45) is 5.92 Å². The van der Waals surface area contributed by atoms with E-state index in [9.17, 15) is 4.79 Å². The van der Waals surface area contributed by atoms with Crippen molar-refractivity contribution in [1.82, 2.24) is 4.90 Å². The predicted molar refractivity (Wildman–Crippen MR) is 62.1 cm³/mol. The molecule has 0 spiro atoms. The Labute approximate surface area is 96.4 Å². The van der Waals surface area contributed by atoms with Gasteiger partial charge in [-0.1, -0.05) is 6.92 Å². The predicted octanol–water partition coefficient (Wildman–Crippen LogP) is 2.64. The minimum absolute atomic E-state index is 0.131. The van der Waals surface area contributed by atoms with Crippen LogP contribution in [-0.4, -0.2) is 23.3 Å². The SMILES string of the molecule is CC1C(=O)CCN(C(C)c2ccco2)C1C. The maximum absolute atomic E-state index is 11.6. The highest BCUT2D eigenvalue weighted by Crippen LogP contribution is 2.29. The third-order valence-electron chi connectivity index (χ3n) is 3.82. The summed E-state index contributed by atoms with van der Waals surface area (Å²) in [6, 6.07) is 4.45. The molecule has 1 aromatic rings. The van der Waals surface area contributed by atoms with Gasteiger partial charge in [0.25, 0.3) is 0 Å². The van der Waals surface area contributed by atoms with Crippen molar-refractivity contribution in [3.63, 3.8) is 0 Å². The van der Waals surface area contributed by atoms with E-state index in [1.54, 1.807) is 6.26 Å². The number of piperidine rings is 1. The number of carbonyl (C=O) groups excluding carboxylic acids is 1. The second-order valence-electron chi connectivity index (χ2n) is 4.67. The first-order valence-electron chi connectivity index (χ1n) is 5.93. The number of furan rings is 1. The number of nitrogens with zero attached hydrogens (tertiary/aromatic N) is 1. The molecule has 0 saturated carbocycles. The van der Waals surface area contributed by atoms with Gasteiger partial charge in [-0.15, -0.1) is 0 Å². The first kappa shape index (κ1) is 11.4. The molecule has 3 nitrogen and oxygen atoms in total. The molecule has 2 rings (SSSR count). The smallest absolute Gasteiger partial charge is 0.138 e. The molecular weight excluding hydrogens is 202 g/mol. The average Bonchev–Trinajstić information content (AvgIpc) is 2.79. The van der Waals surface area contributed by atoms with Crippen molar-refractivity contribution < 1.29 is 9.21 Å². The normalized spacial score (nSPS) is 29.3. The second kappa shape index (κ2) is 4.42. The number of carbonyl (C=O) groups is 1. The molecule has 88 valence electrons. The number of hydrogen-bond acceptors (Lipinski definition) is 3. The molecule has 16 heavy (non-hydrogen) atoms. The van der Waals surface area contributed by atoms with Crippen LogP contribution in [0.5, 0.6) is 0 Å². The fraction of sp³-hybridized carbons (Fsp3) is 0.615. The van der Waals surface area contributed by atoms with E-state index in [-0.39, 0.29) is 12.0 Å². The first-order chi connectivity index (χ1) is 7.61. The summed E-state index contributed by atoms with van der Waals surface area (Å²) in [7, 11) is 0. The molecule has 2 heterocycles. The Morgan fingerprint density at radius 2 is 2.25 bits per heavy atom. The third kappa shape index (κ3) is 1.92.